The zero-order valence-corrected chi connectivity index (χ0v) is 19.2. The highest BCUT2D eigenvalue weighted by molar-refractivity contribution is 9.10. The van der Waals surface area contributed by atoms with Crippen molar-refractivity contribution in [3.63, 3.8) is 0 Å². The van der Waals surface area contributed by atoms with Crippen LogP contribution in [-0.2, 0) is 0 Å². The van der Waals surface area contributed by atoms with E-state index in [-0.39, 0.29) is 0 Å². The van der Waals surface area contributed by atoms with Gasteiger partial charge in [0.2, 0.25) is 0 Å². The third-order valence-electron chi connectivity index (χ3n) is 6.47. The van der Waals surface area contributed by atoms with E-state index in [1.165, 1.54) is 27.5 Å². The fourth-order valence-corrected chi connectivity index (χ4v) is 5.42. The van der Waals surface area contributed by atoms with E-state index in [0.29, 0.717) is 0 Å². The van der Waals surface area contributed by atoms with Crippen molar-refractivity contribution >= 4 is 37.7 Å². The Balaban J connectivity index is 1.55. The van der Waals surface area contributed by atoms with Gasteiger partial charge in [-0.3, -0.25) is 0 Å². The molecule has 154 valence electrons. The predicted molar refractivity (Wildman–Crippen MR) is 140 cm³/mol. The van der Waals surface area contributed by atoms with Crippen molar-refractivity contribution in [2.24, 2.45) is 0 Å². The monoisotopic (exact) mass is 484 g/mol. The Morgan fingerprint density at radius 1 is 0.515 bits per heavy atom. The number of aromatic nitrogens is 2. The summed E-state index contributed by atoms with van der Waals surface area (Å²) in [6, 6.07) is 36.1. The van der Waals surface area contributed by atoms with E-state index in [9.17, 15) is 0 Å². The summed E-state index contributed by atoms with van der Waals surface area (Å²) in [5.41, 5.74) is 9.70. The van der Waals surface area contributed by atoms with Crippen molar-refractivity contribution in [3.8, 4) is 44.8 Å². The molecule has 2 heterocycles. The smallest absolute Gasteiger partial charge is 0.160 e. The molecule has 0 bridgehead atoms. The van der Waals surface area contributed by atoms with Gasteiger partial charge in [0.15, 0.2) is 5.65 Å². The Bertz CT molecular complexity index is 1620. The van der Waals surface area contributed by atoms with Crippen LogP contribution >= 0.6 is 15.9 Å². The van der Waals surface area contributed by atoms with Gasteiger partial charge in [-0.1, -0.05) is 101 Å². The Kier molecular flexibility index (Phi) is 4.02. The van der Waals surface area contributed by atoms with Gasteiger partial charge in [0, 0.05) is 37.5 Å². The van der Waals surface area contributed by atoms with Crippen molar-refractivity contribution in [2.75, 3.05) is 0 Å². The molecule has 1 aliphatic rings. The molecule has 1 aliphatic carbocycles. The average Bonchev–Trinajstić information content (AvgIpc) is 3.19. The van der Waals surface area contributed by atoms with Crippen LogP contribution in [0.5, 0.6) is 0 Å². The lowest BCUT2D eigenvalue weighted by Crippen LogP contribution is -1.95. The Hall–Kier alpha value is -3.82. The number of benzene rings is 4. The van der Waals surface area contributed by atoms with E-state index in [4.69, 9.17) is 9.97 Å². The molecule has 0 atom stereocenters. The van der Waals surface area contributed by atoms with E-state index >= 15 is 0 Å². The predicted octanol–water partition coefficient (Wildman–Crippen LogP) is 8.53. The van der Waals surface area contributed by atoms with Gasteiger partial charge in [-0.15, -0.1) is 0 Å². The minimum atomic E-state index is 0.774. The summed E-state index contributed by atoms with van der Waals surface area (Å²) in [6.45, 7) is 0. The molecule has 6 aromatic rings. The number of fused-ring (bicyclic) bond motifs is 4. The molecule has 0 radical (unpaired) electrons. The van der Waals surface area contributed by atoms with E-state index in [1.54, 1.807) is 0 Å². The first kappa shape index (κ1) is 18.7. The molecule has 2 nitrogen and oxygen atoms in total. The summed E-state index contributed by atoms with van der Waals surface area (Å²) < 4.78 is 1.11. The van der Waals surface area contributed by atoms with Gasteiger partial charge in [0.25, 0.3) is 0 Å². The van der Waals surface area contributed by atoms with Gasteiger partial charge in [-0.05, 0) is 34.7 Å². The highest BCUT2D eigenvalue weighted by Gasteiger charge is 2.25. The van der Waals surface area contributed by atoms with Crippen LogP contribution in [0.25, 0.3) is 66.6 Å². The van der Waals surface area contributed by atoms with Crippen LogP contribution in [0.3, 0.4) is 0 Å². The molecule has 7 rings (SSSR count). The molecule has 0 fully saturated rings. The number of nitrogens with zero attached hydrogens (tertiary/aromatic N) is 2. The largest absolute Gasteiger partial charge is 0.227 e. The minimum Gasteiger partial charge on any atom is -0.227 e. The van der Waals surface area contributed by atoms with Crippen molar-refractivity contribution < 1.29 is 0 Å². The first-order chi connectivity index (χ1) is 16.3. The fourth-order valence-electron chi connectivity index (χ4n) is 4.96. The normalized spacial score (nSPS) is 11.8. The maximum atomic E-state index is 5.12. The van der Waals surface area contributed by atoms with Crippen molar-refractivity contribution in [1.82, 2.24) is 9.97 Å². The lowest BCUT2D eigenvalue weighted by atomic mass is 9.97. The third kappa shape index (κ3) is 2.79. The third-order valence-corrected chi connectivity index (χ3v) is 7.16. The van der Waals surface area contributed by atoms with Gasteiger partial charge in [-0.2, -0.15) is 0 Å². The standard InChI is InChI=1S/C30H17BrN2/c31-26-15-14-21-25-17-20-16-24(18-8-3-1-4-9-18)28(19-10-5-2-6-11-19)32-30(20)33-29(25)23-13-7-12-22(26)27(21)23/h1-17H. The van der Waals surface area contributed by atoms with Gasteiger partial charge in [0.1, 0.15) is 0 Å². The second kappa shape index (κ2) is 7.09. The second-order valence-electron chi connectivity index (χ2n) is 8.37. The zero-order chi connectivity index (χ0) is 21.9. The summed E-state index contributed by atoms with van der Waals surface area (Å²) in [5.74, 6) is 0. The number of pyridine rings is 2. The van der Waals surface area contributed by atoms with Crippen LogP contribution in [0.4, 0.5) is 0 Å². The molecule has 0 amide bonds. The summed E-state index contributed by atoms with van der Waals surface area (Å²) in [6.07, 6.45) is 0. The molecule has 0 N–H and O–H groups in total. The Labute approximate surface area is 199 Å². The first-order valence-electron chi connectivity index (χ1n) is 11.0. The molecule has 2 aromatic heterocycles. The summed E-state index contributed by atoms with van der Waals surface area (Å²) in [4.78, 5) is 10.2. The lowest BCUT2D eigenvalue weighted by molar-refractivity contribution is 1.30. The fraction of sp³-hybridized carbons (Fsp3) is 0. The average molecular weight is 485 g/mol. The van der Waals surface area contributed by atoms with Crippen molar-refractivity contribution in [2.45, 2.75) is 0 Å². The van der Waals surface area contributed by atoms with E-state index in [1.807, 2.05) is 12.1 Å². The molecular weight excluding hydrogens is 468 g/mol. The van der Waals surface area contributed by atoms with Crippen LogP contribution in [-0.4, -0.2) is 9.97 Å². The minimum absolute atomic E-state index is 0.774. The van der Waals surface area contributed by atoms with Crippen molar-refractivity contribution in [1.29, 1.82) is 0 Å². The topological polar surface area (TPSA) is 25.8 Å². The van der Waals surface area contributed by atoms with Crippen LogP contribution in [0.1, 0.15) is 0 Å². The van der Waals surface area contributed by atoms with Crippen LogP contribution in [0, 0.1) is 0 Å². The van der Waals surface area contributed by atoms with E-state index < -0.39 is 0 Å². The molecule has 0 saturated heterocycles. The number of hydrogen-bond acceptors (Lipinski definition) is 2. The van der Waals surface area contributed by atoms with Gasteiger partial charge < -0.3 is 0 Å². The molecular formula is C30H17BrN2. The molecule has 0 unspecified atom stereocenters. The SMILES string of the molecule is Brc1ccc2c3c(cccc13)-c1nc3nc(-c4ccccc4)c(-c4ccccc4)cc3cc1-2. The molecule has 33 heavy (non-hydrogen) atoms. The Morgan fingerprint density at radius 2 is 1.21 bits per heavy atom. The van der Waals surface area contributed by atoms with Gasteiger partial charge >= 0.3 is 0 Å². The molecule has 0 aliphatic heterocycles. The van der Waals surface area contributed by atoms with Crippen LogP contribution in [0.15, 0.2) is 108 Å². The number of halogens is 1. The number of rotatable bonds is 2. The van der Waals surface area contributed by atoms with Crippen molar-refractivity contribution in [3.05, 3.63) is 108 Å². The molecule has 0 spiro atoms. The van der Waals surface area contributed by atoms with E-state index in [0.717, 1.165) is 43.6 Å². The zero-order valence-electron chi connectivity index (χ0n) is 17.6. The molecule has 3 heteroatoms. The van der Waals surface area contributed by atoms with Crippen LogP contribution < -0.4 is 0 Å². The highest BCUT2D eigenvalue weighted by atomic mass is 79.9. The maximum Gasteiger partial charge on any atom is 0.160 e. The van der Waals surface area contributed by atoms with E-state index in [2.05, 4.69) is 107 Å². The van der Waals surface area contributed by atoms with Gasteiger partial charge in [0.05, 0.1) is 11.4 Å². The molecule has 4 aromatic carbocycles. The summed E-state index contributed by atoms with van der Waals surface area (Å²) in [7, 11) is 0. The van der Waals surface area contributed by atoms with Crippen LogP contribution in [0.2, 0.25) is 0 Å². The van der Waals surface area contributed by atoms with Gasteiger partial charge in [-0.25, -0.2) is 9.97 Å². The highest BCUT2D eigenvalue weighted by Crippen LogP contribution is 2.49. The Morgan fingerprint density at radius 3 is 2.00 bits per heavy atom. The summed E-state index contributed by atoms with van der Waals surface area (Å²) in [5, 5.41) is 3.53. The lowest BCUT2D eigenvalue weighted by Gasteiger charge is -2.12. The first-order valence-corrected chi connectivity index (χ1v) is 11.8. The molecule has 0 saturated carbocycles. The second-order valence-corrected chi connectivity index (χ2v) is 9.23. The maximum absolute atomic E-state index is 5.12. The quantitative estimate of drug-likeness (QED) is 0.245. The number of hydrogen-bond donors (Lipinski definition) is 0. The summed E-state index contributed by atoms with van der Waals surface area (Å²) >= 11 is 3.72.